The molecule has 1 atom stereocenters. The third-order valence-electron chi connectivity index (χ3n) is 8.61. The maximum Gasteiger partial charge on any atom is 0.306 e. The van der Waals surface area contributed by atoms with E-state index in [1.54, 1.807) is 0 Å². The summed E-state index contributed by atoms with van der Waals surface area (Å²) in [5.74, 6) is -0.877. The summed E-state index contributed by atoms with van der Waals surface area (Å²) >= 11 is 0. The van der Waals surface area contributed by atoms with E-state index in [0.29, 0.717) is 19.3 Å². The van der Waals surface area contributed by atoms with Crippen molar-refractivity contribution >= 4 is 17.9 Å². The highest BCUT2D eigenvalue weighted by Crippen LogP contribution is 2.14. The van der Waals surface area contributed by atoms with Gasteiger partial charge in [-0.2, -0.15) is 0 Å². The van der Waals surface area contributed by atoms with Gasteiger partial charge in [-0.05, 0) is 19.3 Å². The van der Waals surface area contributed by atoms with Crippen LogP contribution in [0.5, 0.6) is 0 Å². The minimum absolute atomic E-state index is 0.0648. The van der Waals surface area contributed by atoms with Crippen LogP contribution in [0.2, 0.25) is 0 Å². The van der Waals surface area contributed by atoms with E-state index in [4.69, 9.17) is 14.2 Å². The van der Waals surface area contributed by atoms with E-state index in [2.05, 4.69) is 20.8 Å². The Balaban J connectivity index is 4.25. The molecule has 0 aromatic heterocycles. The molecule has 0 saturated carbocycles. The molecule has 45 heavy (non-hydrogen) atoms. The van der Waals surface area contributed by atoms with E-state index in [0.717, 1.165) is 64.2 Å². The van der Waals surface area contributed by atoms with Gasteiger partial charge in [0, 0.05) is 19.3 Å². The zero-order valence-electron chi connectivity index (χ0n) is 30.2. The van der Waals surface area contributed by atoms with Crippen molar-refractivity contribution < 1.29 is 28.6 Å². The number of carbonyl (C=O) groups excluding carboxylic acids is 3. The van der Waals surface area contributed by atoms with Gasteiger partial charge in [-0.1, -0.05) is 175 Å². The zero-order chi connectivity index (χ0) is 33.1. The molecule has 0 heterocycles. The molecule has 6 heteroatoms. The Morgan fingerprint density at radius 1 is 0.356 bits per heavy atom. The molecule has 0 saturated heterocycles. The van der Waals surface area contributed by atoms with E-state index in [1.807, 2.05) is 0 Å². The van der Waals surface area contributed by atoms with Crippen molar-refractivity contribution in [3.63, 3.8) is 0 Å². The van der Waals surface area contributed by atoms with Crippen molar-refractivity contribution in [3.05, 3.63) is 0 Å². The fraction of sp³-hybridized carbons (Fsp3) is 0.923. The Kier molecular flexibility index (Phi) is 34.0. The van der Waals surface area contributed by atoms with Gasteiger partial charge in [-0.15, -0.1) is 0 Å². The van der Waals surface area contributed by atoms with Crippen LogP contribution < -0.4 is 0 Å². The summed E-state index contributed by atoms with van der Waals surface area (Å²) in [6.45, 7) is 6.53. The van der Waals surface area contributed by atoms with Crippen LogP contribution in [0.3, 0.4) is 0 Å². The van der Waals surface area contributed by atoms with Gasteiger partial charge >= 0.3 is 17.9 Å². The SMILES string of the molecule is CCCCCCCCCCCCCCC(=O)OC[C@H](COC(=O)CCCCCCC)OC(=O)CCCCCCCCCCCC. The normalized spacial score (nSPS) is 11.8. The third kappa shape index (κ3) is 33.6. The fourth-order valence-corrected chi connectivity index (χ4v) is 5.62. The monoisotopic (exact) mass is 639 g/mol. The third-order valence-corrected chi connectivity index (χ3v) is 8.61. The lowest BCUT2D eigenvalue weighted by molar-refractivity contribution is -0.167. The maximum absolute atomic E-state index is 12.5. The summed E-state index contributed by atoms with van der Waals surface area (Å²) in [7, 11) is 0. The second-order valence-electron chi connectivity index (χ2n) is 13.2. The molecule has 0 N–H and O–H groups in total. The number of ether oxygens (including phenoxy) is 3. The van der Waals surface area contributed by atoms with Crippen molar-refractivity contribution in [2.24, 2.45) is 0 Å². The Morgan fingerprint density at radius 2 is 0.600 bits per heavy atom. The van der Waals surface area contributed by atoms with Crippen LogP contribution in [0.4, 0.5) is 0 Å². The van der Waals surface area contributed by atoms with E-state index < -0.39 is 6.10 Å². The van der Waals surface area contributed by atoms with Gasteiger partial charge in [0.25, 0.3) is 0 Å². The minimum Gasteiger partial charge on any atom is -0.462 e. The van der Waals surface area contributed by atoms with Gasteiger partial charge in [0.05, 0.1) is 0 Å². The van der Waals surface area contributed by atoms with Crippen molar-refractivity contribution in [3.8, 4) is 0 Å². The van der Waals surface area contributed by atoms with Gasteiger partial charge in [0.15, 0.2) is 6.10 Å². The number of carbonyl (C=O) groups is 3. The Morgan fingerprint density at radius 3 is 0.889 bits per heavy atom. The molecule has 0 bridgehead atoms. The molecule has 0 unspecified atom stereocenters. The standard InChI is InChI=1S/C39H74O6/c1-4-7-10-13-15-17-19-20-22-23-26-29-32-38(41)44-35-36(34-43-37(40)31-28-25-12-9-6-3)45-39(42)33-30-27-24-21-18-16-14-11-8-5-2/h36H,4-35H2,1-3H3/t36-/m0/s1. The lowest BCUT2D eigenvalue weighted by Crippen LogP contribution is -2.30. The van der Waals surface area contributed by atoms with Gasteiger partial charge in [0.2, 0.25) is 0 Å². The van der Waals surface area contributed by atoms with Gasteiger partial charge in [0.1, 0.15) is 13.2 Å². The van der Waals surface area contributed by atoms with Crippen molar-refractivity contribution in [2.45, 2.75) is 219 Å². The van der Waals surface area contributed by atoms with E-state index >= 15 is 0 Å². The number of hydrogen-bond acceptors (Lipinski definition) is 6. The molecular formula is C39H74O6. The highest BCUT2D eigenvalue weighted by atomic mass is 16.6. The second-order valence-corrected chi connectivity index (χ2v) is 13.2. The van der Waals surface area contributed by atoms with Crippen LogP contribution >= 0.6 is 0 Å². The average Bonchev–Trinajstić information content (AvgIpc) is 3.03. The number of unbranched alkanes of at least 4 members (excludes halogenated alkanes) is 24. The van der Waals surface area contributed by atoms with Gasteiger partial charge in [-0.3, -0.25) is 14.4 Å². The maximum atomic E-state index is 12.5. The van der Waals surface area contributed by atoms with E-state index in [9.17, 15) is 14.4 Å². The van der Waals surface area contributed by atoms with Crippen LogP contribution in [0, 0.1) is 0 Å². The van der Waals surface area contributed by atoms with Crippen LogP contribution in [-0.2, 0) is 28.6 Å². The van der Waals surface area contributed by atoms with Crippen LogP contribution in [0.25, 0.3) is 0 Å². The molecule has 0 aliphatic heterocycles. The lowest BCUT2D eigenvalue weighted by Gasteiger charge is -2.18. The summed E-state index contributed by atoms with van der Waals surface area (Å²) in [4.78, 5) is 37.2. The minimum atomic E-state index is -0.754. The molecule has 0 aliphatic carbocycles. The summed E-state index contributed by atoms with van der Waals surface area (Å²) in [5, 5.41) is 0. The molecule has 0 fully saturated rings. The Labute approximate surface area is 278 Å². The Hall–Kier alpha value is -1.59. The van der Waals surface area contributed by atoms with Gasteiger partial charge < -0.3 is 14.2 Å². The highest BCUT2D eigenvalue weighted by Gasteiger charge is 2.19. The highest BCUT2D eigenvalue weighted by molar-refractivity contribution is 5.71. The summed E-state index contributed by atoms with van der Waals surface area (Å²) in [5.41, 5.74) is 0. The van der Waals surface area contributed by atoms with Crippen molar-refractivity contribution in [1.82, 2.24) is 0 Å². The quantitative estimate of drug-likeness (QED) is 0.0390. The molecule has 266 valence electrons. The molecule has 0 aromatic carbocycles. The smallest absolute Gasteiger partial charge is 0.306 e. The average molecular weight is 639 g/mol. The van der Waals surface area contributed by atoms with Crippen LogP contribution in [0.15, 0.2) is 0 Å². The topological polar surface area (TPSA) is 78.9 Å². The predicted octanol–water partition coefficient (Wildman–Crippen LogP) is 11.7. The fourth-order valence-electron chi connectivity index (χ4n) is 5.62. The van der Waals surface area contributed by atoms with Crippen molar-refractivity contribution in [2.75, 3.05) is 13.2 Å². The molecule has 0 aromatic rings. The van der Waals surface area contributed by atoms with E-state index in [1.165, 1.54) is 109 Å². The number of esters is 3. The molecule has 0 radical (unpaired) electrons. The molecule has 0 spiro atoms. The predicted molar refractivity (Wildman–Crippen MR) is 187 cm³/mol. The number of rotatable bonds is 35. The molecule has 0 rings (SSSR count). The summed E-state index contributed by atoms with van der Waals surface area (Å²) in [6.07, 6.45) is 32.5. The van der Waals surface area contributed by atoms with Crippen molar-refractivity contribution in [1.29, 1.82) is 0 Å². The lowest BCUT2D eigenvalue weighted by atomic mass is 10.0. The number of hydrogen-bond donors (Lipinski definition) is 0. The van der Waals surface area contributed by atoms with Crippen LogP contribution in [-0.4, -0.2) is 37.2 Å². The summed E-state index contributed by atoms with van der Waals surface area (Å²) in [6, 6.07) is 0. The van der Waals surface area contributed by atoms with E-state index in [-0.39, 0.29) is 31.1 Å². The summed E-state index contributed by atoms with van der Waals surface area (Å²) < 4.78 is 16.5. The first-order chi connectivity index (χ1) is 22.0. The second kappa shape index (κ2) is 35.3. The molecule has 0 amide bonds. The Bertz CT molecular complexity index is 664. The first-order valence-electron chi connectivity index (χ1n) is 19.5. The molecular weight excluding hydrogens is 564 g/mol. The first kappa shape index (κ1) is 43.4. The zero-order valence-corrected chi connectivity index (χ0v) is 30.2. The largest absolute Gasteiger partial charge is 0.462 e. The van der Waals surface area contributed by atoms with Gasteiger partial charge in [-0.25, -0.2) is 0 Å². The molecule has 0 aliphatic rings. The van der Waals surface area contributed by atoms with Crippen LogP contribution in [0.1, 0.15) is 213 Å². The molecule has 6 nitrogen and oxygen atoms in total. The first-order valence-corrected chi connectivity index (χ1v) is 19.5.